The molecule has 1 aromatic carbocycles. The van der Waals surface area contributed by atoms with Gasteiger partial charge in [0.15, 0.2) is 0 Å². The van der Waals surface area contributed by atoms with Gasteiger partial charge in [0.1, 0.15) is 0 Å². The molecule has 5 nitrogen and oxygen atoms in total. The van der Waals surface area contributed by atoms with Crippen molar-refractivity contribution in [3.63, 3.8) is 0 Å². The lowest BCUT2D eigenvalue weighted by molar-refractivity contribution is 0.0299. The third-order valence-corrected chi connectivity index (χ3v) is 3.54. The second-order valence-corrected chi connectivity index (χ2v) is 5.00. The van der Waals surface area contributed by atoms with Gasteiger partial charge in [-0.15, -0.1) is 0 Å². The number of amides is 1. The van der Waals surface area contributed by atoms with Crippen molar-refractivity contribution in [3.8, 4) is 0 Å². The highest BCUT2D eigenvalue weighted by atomic mass is 16.5. The lowest BCUT2D eigenvalue weighted by atomic mass is 10.0. The van der Waals surface area contributed by atoms with Gasteiger partial charge in [0.05, 0.1) is 30.0 Å². The summed E-state index contributed by atoms with van der Waals surface area (Å²) in [5.74, 6) is -0.427. The van der Waals surface area contributed by atoms with Gasteiger partial charge in [-0.1, -0.05) is 6.92 Å². The second kappa shape index (κ2) is 5.48. The Hall–Kier alpha value is -1.75. The number of primary amides is 1. The number of nitrogens with zero attached hydrogens (tertiary/aromatic N) is 1. The molecule has 1 aliphatic rings. The summed E-state index contributed by atoms with van der Waals surface area (Å²) in [7, 11) is 0. The maximum atomic E-state index is 11.6. The Kier molecular flexibility index (Phi) is 3.95. The minimum absolute atomic E-state index is 0.130. The standard InChI is InChI=1S/C14H21N3O2/c1-3-11-8-19-9(2)7-17(11)13-6-10(15)4-5-12(13)14(16)18/h4-6,9,11H,3,7-8,15H2,1-2H3,(H2,16,18). The molecule has 2 rings (SSSR count). The minimum Gasteiger partial charge on any atom is -0.399 e. The SMILES string of the molecule is CCC1COC(C)CN1c1cc(N)ccc1C(N)=O. The van der Waals surface area contributed by atoms with E-state index in [1.807, 2.05) is 13.0 Å². The Morgan fingerprint density at radius 2 is 2.26 bits per heavy atom. The minimum atomic E-state index is -0.427. The second-order valence-electron chi connectivity index (χ2n) is 5.00. The van der Waals surface area contributed by atoms with Gasteiger partial charge in [0.25, 0.3) is 5.91 Å². The molecule has 0 aromatic heterocycles. The van der Waals surface area contributed by atoms with Crippen LogP contribution in [0.1, 0.15) is 30.6 Å². The average Bonchev–Trinajstić information content (AvgIpc) is 2.38. The van der Waals surface area contributed by atoms with E-state index in [-0.39, 0.29) is 12.1 Å². The fourth-order valence-electron chi connectivity index (χ4n) is 2.47. The summed E-state index contributed by atoms with van der Waals surface area (Å²) in [5, 5.41) is 0. The van der Waals surface area contributed by atoms with Gasteiger partial charge < -0.3 is 21.1 Å². The maximum Gasteiger partial charge on any atom is 0.250 e. The van der Waals surface area contributed by atoms with Gasteiger partial charge >= 0.3 is 0 Å². The van der Waals surface area contributed by atoms with E-state index in [4.69, 9.17) is 16.2 Å². The number of nitrogen functional groups attached to an aromatic ring is 1. The lowest BCUT2D eigenvalue weighted by Crippen LogP contribution is -2.49. The summed E-state index contributed by atoms with van der Waals surface area (Å²) < 4.78 is 5.67. The largest absolute Gasteiger partial charge is 0.399 e. The molecule has 1 aliphatic heterocycles. The van der Waals surface area contributed by atoms with E-state index in [2.05, 4.69) is 11.8 Å². The van der Waals surface area contributed by atoms with Crippen LogP contribution in [-0.2, 0) is 4.74 Å². The molecular weight excluding hydrogens is 242 g/mol. The Morgan fingerprint density at radius 3 is 2.89 bits per heavy atom. The first-order valence-corrected chi connectivity index (χ1v) is 6.60. The molecule has 1 heterocycles. The molecule has 1 saturated heterocycles. The van der Waals surface area contributed by atoms with E-state index in [0.29, 0.717) is 17.9 Å². The smallest absolute Gasteiger partial charge is 0.250 e. The first-order chi connectivity index (χ1) is 9.02. The normalized spacial score (nSPS) is 23.4. The molecule has 5 heteroatoms. The molecule has 0 aliphatic carbocycles. The number of hydrogen-bond donors (Lipinski definition) is 2. The fraction of sp³-hybridized carbons (Fsp3) is 0.500. The van der Waals surface area contributed by atoms with Crippen molar-refractivity contribution in [2.75, 3.05) is 23.8 Å². The summed E-state index contributed by atoms with van der Waals surface area (Å²) >= 11 is 0. The Balaban J connectivity index is 2.42. The van der Waals surface area contributed by atoms with Crippen LogP contribution in [0.5, 0.6) is 0 Å². The Bertz CT molecular complexity index is 476. The zero-order valence-electron chi connectivity index (χ0n) is 11.4. The predicted octanol–water partition coefficient (Wildman–Crippen LogP) is 1.37. The highest BCUT2D eigenvalue weighted by Crippen LogP contribution is 2.28. The van der Waals surface area contributed by atoms with Crippen molar-refractivity contribution in [2.24, 2.45) is 5.73 Å². The van der Waals surface area contributed by atoms with Crippen LogP contribution in [0, 0.1) is 0 Å². The highest BCUT2D eigenvalue weighted by molar-refractivity contribution is 5.99. The van der Waals surface area contributed by atoms with Crippen LogP contribution in [0.4, 0.5) is 11.4 Å². The lowest BCUT2D eigenvalue weighted by Gasteiger charge is -2.40. The van der Waals surface area contributed by atoms with Crippen molar-refractivity contribution in [2.45, 2.75) is 32.4 Å². The zero-order chi connectivity index (χ0) is 14.0. The molecule has 104 valence electrons. The van der Waals surface area contributed by atoms with Crippen LogP contribution >= 0.6 is 0 Å². The van der Waals surface area contributed by atoms with E-state index in [0.717, 1.165) is 18.7 Å². The number of morpholine rings is 1. The van der Waals surface area contributed by atoms with Crippen LogP contribution in [0.25, 0.3) is 0 Å². The number of ether oxygens (including phenoxy) is 1. The van der Waals surface area contributed by atoms with Crippen LogP contribution in [0.15, 0.2) is 18.2 Å². The van der Waals surface area contributed by atoms with Crippen molar-refractivity contribution in [1.82, 2.24) is 0 Å². The van der Waals surface area contributed by atoms with Gasteiger partial charge in [-0.25, -0.2) is 0 Å². The number of anilines is 2. The average molecular weight is 263 g/mol. The van der Waals surface area contributed by atoms with Crippen LogP contribution in [0.2, 0.25) is 0 Å². The molecule has 0 saturated carbocycles. The van der Waals surface area contributed by atoms with E-state index < -0.39 is 5.91 Å². The highest BCUT2D eigenvalue weighted by Gasteiger charge is 2.28. The molecule has 1 amide bonds. The monoisotopic (exact) mass is 263 g/mol. The van der Waals surface area contributed by atoms with Crippen molar-refractivity contribution in [3.05, 3.63) is 23.8 Å². The summed E-state index contributed by atoms with van der Waals surface area (Å²) in [6.07, 6.45) is 1.07. The predicted molar refractivity (Wildman–Crippen MR) is 76.2 cm³/mol. The Morgan fingerprint density at radius 1 is 1.53 bits per heavy atom. The van der Waals surface area contributed by atoms with E-state index in [1.54, 1.807) is 12.1 Å². The molecule has 0 spiro atoms. The first kappa shape index (κ1) is 13.7. The number of carbonyl (C=O) groups excluding carboxylic acids is 1. The third kappa shape index (κ3) is 2.81. The van der Waals surface area contributed by atoms with E-state index >= 15 is 0 Å². The molecule has 0 radical (unpaired) electrons. The van der Waals surface area contributed by atoms with Crippen LogP contribution in [0.3, 0.4) is 0 Å². The molecular formula is C14H21N3O2. The molecule has 2 atom stereocenters. The van der Waals surface area contributed by atoms with Gasteiger partial charge in [0.2, 0.25) is 0 Å². The van der Waals surface area contributed by atoms with Gasteiger partial charge in [-0.3, -0.25) is 4.79 Å². The molecule has 2 unspecified atom stereocenters. The molecule has 0 bridgehead atoms. The van der Waals surface area contributed by atoms with E-state index in [1.165, 1.54) is 0 Å². The quantitative estimate of drug-likeness (QED) is 0.807. The van der Waals surface area contributed by atoms with Gasteiger partial charge in [0, 0.05) is 12.2 Å². The number of carbonyl (C=O) groups is 1. The van der Waals surface area contributed by atoms with Crippen molar-refractivity contribution < 1.29 is 9.53 Å². The van der Waals surface area contributed by atoms with Gasteiger partial charge in [-0.05, 0) is 31.5 Å². The van der Waals surface area contributed by atoms with Crippen LogP contribution < -0.4 is 16.4 Å². The number of hydrogen-bond acceptors (Lipinski definition) is 4. The third-order valence-electron chi connectivity index (χ3n) is 3.54. The number of benzene rings is 1. The molecule has 1 fully saturated rings. The first-order valence-electron chi connectivity index (χ1n) is 6.60. The van der Waals surface area contributed by atoms with Crippen molar-refractivity contribution in [1.29, 1.82) is 0 Å². The van der Waals surface area contributed by atoms with Crippen molar-refractivity contribution >= 4 is 17.3 Å². The summed E-state index contributed by atoms with van der Waals surface area (Å²) in [6.45, 7) is 5.52. The number of rotatable bonds is 3. The topological polar surface area (TPSA) is 81.6 Å². The fourth-order valence-corrected chi connectivity index (χ4v) is 2.47. The Labute approximate surface area is 113 Å². The summed E-state index contributed by atoms with van der Waals surface area (Å²) in [4.78, 5) is 13.8. The van der Waals surface area contributed by atoms with E-state index in [9.17, 15) is 4.79 Å². The van der Waals surface area contributed by atoms with Gasteiger partial charge in [-0.2, -0.15) is 0 Å². The molecule has 19 heavy (non-hydrogen) atoms. The zero-order valence-corrected chi connectivity index (χ0v) is 11.4. The number of nitrogens with two attached hydrogens (primary N) is 2. The molecule has 1 aromatic rings. The molecule has 4 N–H and O–H groups in total. The maximum absolute atomic E-state index is 11.6. The summed E-state index contributed by atoms with van der Waals surface area (Å²) in [6, 6.07) is 5.46. The summed E-state index contributed by atoms with van der Waals surface area (Å²) in [5.41, 5.74) is 13.3. The van der Waals surface area contributed by atoms with Crippen LogP contribution in [-0.4, -0.2) is 31.2 Å².